The first kappa shape index (κ1) is 13.1. The number of ether oxygens (including phenoxy) is 1. The zero-order chi connectivity index (χ0) is 14.1. The third-order valence-corrected chi connectivity index (χ3v) is 3.49. The molecule has 0 radical (unpaired) electrons. The summed E-state index contributed by atoms with van der Waals surface area (Å²) in [4.78, 5) is 0. The van der Waals surface area contributed by atoms with Gasteiger partial charge in [-0.25, -0.2) is 4.39 Å². The summed E-state index contributed by atoms with van der Waals surface area (Å²) in [5.41, 5.74) is 8.84. The average Bonchev–Trinajstić information content (AvgIpc) is 3.22. The summed E-state index contributed by atoms with van der Waals surface area (Å²) in [6, 6.07) is 12.3. The number of nitrogens with two attached hydrogens (primary N) is 1. The van der Waals surface area contributed by atoms with E-state index in [0.29, 0.717) is 6.10 Å². The van der Waals surface area contributed by atoms with Crippen molar-refractivity contribution in [3.05, 3.63) is 65.0 Å². The zero-order valence-electron chi connectivity index (χ0n) is 11.5. The molecule has 104 valence electrons. The molecule has 1 fully saturated rings. The molecule has 0 spiro atoms. The molecule has 0 aliphatic heterocycles. The van der Waals surface area contributed by atoms with Crippen LogP contribution >= 0.6 is 0 Å². The van der Waals surface area contributed by atoms with Crippen LogP contribution in [0.3, 0.4) is 0 Å². The Morgan fingerprint density at radius 3 is 2.40 bits per heavy atom. The monoisotopic (exact) mass is 271 g/mol. The standard InChI is InChI=1S/C17H18FNO/c1-11-8-13(10-14(18)9-11)17(19)12-2-4-15(5-3-12)20-16-6-7-16/h2-5,8-10,16-17H,6-7,19H2,1H3. The van der Waals surface area contributed by atoms with E-state index in [-0.39, 0.29) is 11.9 Å². The van der Waals surface area contributed by atoms with Crippen LogP contribution in [0.1, 0.15) is 35.6 Å². The Morgan fingerprint density at radius 2 is 1.80 bits per heavy atom. The zero-order valence-corrected chi connectivity index (χ0v) is 11.5. The van der Waals surface area contributed by atoms with Crippen LogP contribution in [0.15, 0.2) is 42.5 Å². The van der Waals surface area contributed by atoms with Crippen LogP contribution in [0.2, 0.25) is 0 Å². The van der Waals surface area contributed by atoms with Gasteiger partial charge in [0.1, 0.15) is 11.6 Å². The van der Waals surface area contributed by atoms with Crippen LogP contribution in [-0.2, 0) is 0 Å². The lowest BCUT2D eigenvalue weighted by Gasteiger charge is -2.14. The van der Waals surface area contributed by atoms with Crippen molar-refractivity contribution in [2.75, 3.05) is 0 Å². The molecule has 3 rings (SSSR count). The Balaban J connectivity index is 1.79. The SMILES string of the molecule is Cc1cc(F)cc(C(N)c2ccc(OC3CC3)cc2)c1. The highest BCUT2D eigenvalue weighted by Gasteiger charge is 2.23. The van der Waals surface area contributed by atoms with Crippen molar-refractivity contribution in [2.45, 2.75) is 31.9 Å². The van der Waals surface area contributed by atoms with Crippen LogP contribution < -0.4 is 10.5 Å². The van der Waals surface area contributed by atoms with E-state index >= 15 is 0 Å². The molecule has 1 aliphatic rings. The second-order valence-corrected chi connectivity index (χ2v) is 5.43. The summed E-state index contributed by atoms with van der Waals surface area (Å²) in [5, 5.41) is 0. The van der Waals surface area contributed by atoms with E-state index in [1.165, 1.54) is 12.1 Å². The molecule has 1 saturated carbocycles. The van der Waals surface area contributed by atoms with Gasteiger partial charge >= 0.3 is 0 Å². The molecule has 2 aromatic rings. The van der Waals surface area contributed by atoms with Gasteiger partial charge in [-0.2, -0.15) is 0 Å². The Bertz CT molecular complexity index is 585. The third-order valence-electron chi connectivity index (χ3n) is 3.49. The molecule has 2 N–H and O–H groups in total. The van der Waals surface area contributed by atoms with E-state index in [4.69, 9.17) is 10.5 Å². The highest BCUT2D eigenvalue weighted by molar-refractivity contribution is 5.37. The van der Waals surface area contributed by atoms with E-state index in [1.807, 2.05) is 37.3 Å². The quantitative estimate of drug-likeness (QED) is 0.919. The van der Waals surface area contributed by atoms with E-state index in [2.05, 4.69) is 0 Å². The molecule has 0 saturated heterocycles. The van der Waals surface area contributed by atoms with Gasteiger partial charge in [-0.1, -0.05) is 18.2 Å². The molecule has 0 amide bonds. The molecule has 1 aliphatic carbocycles. The van der Waals surface area contributed by atoms with Gasteiger partial charge in [0.2, 0.25) is 0 Å². The van der Waals surface area contributed by atoms with Crippen LogP contribution in [0, 0.1) is 12.7 Å². The average molecular weight is 271 g/mol. The number of hydrogen-bond donors (Lipinski definition) is 1. The molecule has 1 atom stereocenters. The van der Waals surface area contributed by atoms with Crippen LogP contribution in [0.25, 0.3) is 0 Å². The fourth-order valence-corrected chi connectivity index (χ4v) is 2.27. The maximum absolute atomic E-state index is 13.4. The Hall–Kier alpha value is -1.87. The van der Waals surface area contributed by atoms with Gasteiger partial charge in [0.25, 0.3) is 0 Å². The lowest BCUT2D eigenvalue weighted by Crippen LogP contribution is -2.12. The van der Waals surface area contributed by atoms with Gasteiger partial charge in [-0.3, -0.25) is 0 Å². The van der Waals surface area contributed by atoms with Crippen molar-refractivity contribution in [3.63, 3.8) is 0 Å². The summed E-state index contributed by atoms with van der Waals surface area (Å²) in [7, 11) is 0. The first-order chi connectivity index (χ1) is 9.61. The topological polar surface area (TPSA) is 35.2 Å². The van der Waals surface area contributed by atoms with Crippen molar-refractivity contribution in [1.29, 1.82) is 0 Å². The minimum Gasteiger partial charge on any atom is -0.490 e. The maximum atomic E-state index is 13.4. The van der Waals surface area contributed by atoms with Gasteiger partial charge in [-0.15, -0.1) is 0 Å². The molecule has 2 aromatic carbocycles. The summed E-state index contributed by atoms with van der Waals surface area (Å²) in [6.45, 7) is 1.87. The van der Waals surface area contributed by atoms with Crippen LogP contribution in [0.4, 0.5) is 4.39 Å². The fourth-order valence-electron chi connectivity index (χ4n) is 2.27. The number of halogens is 1. The molecule has 20 heavy (non-hydrogen) atoms. The molecule has 2 nitrogen and oxygen atoms in total. The third kappa shape index (κ3) is 2.99. The predicted molar refractivity (Wildman–Crippen MR) is 77.3 cm³/mol. The van der Waals surface area contributed by atoms with Gasteiger partial charge in [0.05, 0.1) is 12.1 Å². The van der Waals surface area contributed by atoms with Crippen molar-refractivity contribution < 1.29 is 9.13 Å². The largest absolute Gasteiger partial charge is 0.490 e. The van der Waals surface area contributed by atoms with Crippen molar-refractivity contribution in [2.24, 2.45) is 5.73 Å². The highest BCUT2D eigenvalue weighted by Crippen LogP contribution is 2.28. The number of rotatable bonds is 4. The van der Waals surface area contributed by atoms with Crippen LogP contribution in [0.5, 0.6) is 5.75 Å². The smallest absolute Gasteiger partial charge is 0.123 e. The van der Waals surface area contributed by atoms with E-state index in [0.717, 1.165) is 35.3 Å². The summed E-state index contributed by atoms with van der Waals surface area (Å²) in [6.07, 6.45) is 2.67. The second-order valence-electron chi connectivity index (χ2n) is 5.43. The Labute approximate surface area is 118 Å². The minimum absolute atomic E-state index is 0.246. The first-order valence-electron chi connectivity index (χ1n) is 6.91. The normalized spacial score (nSPS) is 15.9. The molecule has 0 aromatic heterocycles. The molecule has 0 bridgehead atoms. The Morgan fingerprint density at radius 1 is 1.10 bits per heavy atom. The molecule has 0 heterocycles. The Kier molecular flexibility index (Phi) is 3.45. The van der Waals surface area contributed by atoms with Crippen LogP contribution in [-0.4, -0.2) is 6.10 Å². The van der Waals surface area contributed by atoms with Crippen molar-refractivity contribution >= 4 is 0 Å². The van der Waals surface area contributed by atoms with E-state index in [1.54, 1.807) is 0 Å². The summed E-state index contributed by atoms with van der Waals surface area (Å²) in [5.74, 6) is 0.628. The number of aryl methyl sites for hydroxylation is 1. The predicted octanol–water partition coefficient (Wildman–Crippen LogP) is 3.72. The lowest BCUT2D eigenvalue weighted by atomic mass is 9.98. The minimum atomic E-state index is -0.320. The summed E-state index contributed by atoms with van der Waals surface area (Å²) < 4.78 is 19.1. The molecular formula is C17H18FNO. The molecular weight excluding hydrogens is 253 g/mol. The lowest BCUT2D eigenvalue weighted by molar-refractivity contribution is 0.303. The molecule has 1 unspecified atom stereocenters. The number of benzene rings is 2. The van der Waals surface area contributed by atoms with Gasteiger partial charge in [0.15, 0.2) is 0 Å². The van der Waals surface area contributed by atoms with Gasteiger partial charge < -0.3 is 10.5 Å². The highest BCUT2D eigenvalue weighted by atomic mass is 19.1. The molecule has 3 heteroatoms. The van der Waals surface area contributed by atoms with E-state index < -0.39 is 0 Å². The fraction of sp³-hybridized carbons (Fsp3) is 0.294. The van der Waals surface area contributed by atoms with Crippen molar-refractivity contribution in [1.82, 2.24) is 0 Å². The second kappa shape index (κ2) is 5.25. The first-order valence-corrected chi connectivity index (χ1v) is 6.91. The van der Waals surface area contributed by atoms with E-state index in [9.17, 15) is 4.39 Å². The van der Waals surface area contributed by atoms with Crippen molar-refractivity contribution in [3.8, 4) is 5.75 Å². The van der Waals surface area contributed by atoms with Gasteiger partial charge in [0, 0.05) is 0 Å². The van der Waals surface area contributed by atoms with Gasteiger partial charge in [-0.05, 0) is 60.7 Å². The number of hydrogen-bond acceptors (Lipinski definition) is 2. The summed E-state index contributed by atoms with van der Waals surface area (Å²) >= 11 is 0. The maximum Gasteiger partial charge on any atom is 0.123 e.